The Balaban J connectivity index is 2.16. The Morgan fingerprint density at radius 1 is 1.20 bits per heavy atom. The van der Waals surface area contributed by atoms with Gasteiger partial charge < -0.3 is 15.1 Å². The second-order valence-corrected chi connectivity index (χ2v) is 5.45. The van der Waals surface area contributed by atoms with E-state index >= 15 is 0 Å². The van der Waals surface area contributed by atoms with Crippen LogP contribution in [0, 0.1) is 5.92 Å². The largest absolute Gasteiger partial charge is 0.356 e. The second kappa shape index (κ2) is 8.95. The Labute approximate surface area is 122 Å². The summed E-state index contributed by atoms with van der Waals surface area (Å²) in [7, 11) is 0. The highest BCUT2D eigenvalue weighted by Gasteiger charge is 2.25. The third kappa shape index (κ3) is 5.49. The van der Waals surface area contributed by atoms with E-state index in [9.17, 15) is 9.59 Å². The Kier molecular flexibility index (Phi) is 7.59. The monoisotopic (exact) mass is 283 g/mol. The number of rotatable bonds is 7. The summed E-state index contributed by atoms with van der Waals surface area (Å²) in [5.74, 6) is 0.356. The molecule has 0 aromatic heterocycles. The highest BCUT2D eigenvalue weighted by molar-refractivity contribution is 5.79. The Bertz CT molecular complexity index is 308. The van der Waals surface area contributed by atoms with Crippen LogP contribution in [0.1, 0.15) is 40.0 Å². The van der Waals surface area contributed by atoms with Crippen LogP contribution in [0.5, 0.6) is 0 Å². The topological polar surface area (TPSA) is 52.7 Å². The maximum Gasteiger partial charge on any atom is 0.223 e. The molecule has 0 aromatic rings. The summed E-state index contributed by atoms with van der Waals surface area (Å²) in [4.78, 5) is 27.4. The van der Waals surface area contributed by atoms with E-state index in [2.05, 4.69) is 24.1 Å². The summed E-state index contributed by atoms with van der Waals surface area (Å²) in [5, 5.41) is 3.03. The zero-order valence-corrected chi connectivity index (χ0v) is 13.2. The summed E-state index contributed by atoms with van der Waals surface area (Å²) in [5.41, 5.74) is 0. The van der Waals surface area contributed by atoms with Crippen molar-refractivity contribution in [3.63, 3.8) is 0 Å². The minimum absolute atomic E-state index is 0.0825. The summed E-state index contributed by atoms with van der Waals surface area (Å²) < 4.78 is 0. The maximum atomic E-state index is 12.0. The molecule has 1 aliphatic rings. The molecule has 0 spiro atoms. The van der Waals surface area contributed by atoms with E-state index in [1.165, 1.54) is 0 Å². The predicted octanol–water partition coefficient (Wildman–Crippen LogP) is 1.09. The van der Waals surface area contributed by atoms with Crippen molar-refractivity contribution in [2.75, 3.05) is 39.3 Å². The quantitative estimate of drug-likeness (QED) is 0.712. The van der Waals surface area contributed by atoms with Gasteiger partial charge in [0.1, 0.15) is 0 Å². The third-order valence-electron chi connectivity index (χ3n) is 4.16. The fraction of sp³-hybridized carbons (Fsp3) is 0.867. The number of piperidine rings is 1. The molecule has 1 fully saturated rings. The highest BCUT2D eigenvalue weighted by Crippen LogP contribution is 2.17. The van der Waals surface area contributed by atoms with Crippen LogP contribution < -0.4 is 5.32 Å². The maximum absolute atomic E-state index is 12.0. The molecule has 116 valence electrons. The van der Waals surface area contributed by atoms with Crippen LogP contribution in [0.2, 0.25) is 0 Å². The molecule has 1 heterocycles. The van der Waals surface area contributed by atoms with Gasteiger partial charge in [0.25, 0.3) is 0 Å². The van der Waals surface area contributed by atoms with Crippen LogP contribution in [-0.2, 0) is 9.59 Å². The smallest absolute Gasteiger partial charge is 0.223 e. The number of carbonyl (C=O) groups excluding carboxylic acids is 2. The van der Waals surface area contributed by atoms with Crippen molar-refractivity contribution in [3.8, 4) is 0 Å². The van der Waals surface area contributed by atoms with Gasteiger partial charge in [0.2, 0.25) is 11.8 Å². The van der Waals surface area contributed by atoms with Gasteiger partial charge in [-0.25, -0.2) is 0 Å². The first-order valence-electron chi connectivity index (χ1n) is 7.84. The van der Waals surface area contributed by atoms with Gasteiger partial charge in [-0.2, -0.15) is 0 Å². The summed E-state index contributed by atoms with van der Waals surface area (Å²) >= 11 is 0. The molecule has 2 amide bonds. The first kappa shape index (κ1) is 17.0. The molecular weight excluding hydrogens is 254 g/mol. The lowest BCUT2D eigenvalue weighted by Crippen LogP contribution is -2.42. The van der Waals surface area contributed by atoms with Gasteiger partial charge in [-0.3, -0.25) is 9.59 Å². The first-order valence-corrected chi connectivity index (χ1v) is 7.84. The molecule has 0 aliphatic carbocycles. The lowest BCUT2D eigenvalue weighted by atomic mass is 9.96. The van der Waals surface area contributed by atoms with E-state index < -0.39 is 0 Å². The second-order valence-electron chi connectivity index (χ2n) is 5.45. The summed E-state index contributed by atoms with van der Waals surface area (Å²) in [6.45, 7) is 11.3. The number of hydrogen-bond donors (Lipinski definition) is 1. The molecular formula is C15H29N3O2. The van der Waals surface area contributed by atoms with Crippen molar-refractivity contribution in [1.29, 1.82) is 0 Å². The fourth-order valence-electron chi connectivity index (χ4n) is 2.65. The first-order chi connectivity index (χ1) is 9.58. The zero-order valence-electron chi connectivity index (χ0n) is 13.2. The Morgan fingerprint density at radius 3 is 2.30 bits per heavy atom. The van der Waals surface area contributed by atoms with Gasteiger partial charge in [0.05, 0.1) is 0 Å². The molecule has 5 nitrogen and oxygen atoms in total. The van der Waals surface area contributed by atoms with Gasteiger partial charge in [0, 0.05) is 32.5 Å². The molecule has 0 bridgehead atoms. The van der Waals surface area contributed by atoms with Crippen molar-refractivity contribution in [2.24, 2.45) is 5.92 Å². The standard InChI is InChI=1S/C15H29N3O2/c1-4-17(5-2)10-6-9-16-15(20)14-7-11-18(12-8-14)13(3)19/h14H,4-12H2,1-3H3,(H,16,20). The molecule has 1 saturated heterocycles. The van der Waals surface area contributed by atoms with Gasteiger partial charge >= 0.3 is 0 Å². The van der Waals surface area contributed by atoms with Crippen LogP contribution >= 0.6 is 0 Å². The van der Waals surface area contributed by atoms with E-state index in [1.54, 1.807) is 6.92 Å². The SMILES string of the molecule is CCN(CC)CCCNC(=O)C1CCN(C(C)=O)CC1. The van der Waals surface area contributed by atoms with Crippen LogP contribution in [0.3, 0.4) is 0 Å². The van der Waals surface area contributed by atoms with Gasteiger partial charge in [-0.1, -0.05) is 13.8 Å². The summed E-state index contributed by atoms with van der Waals surface area (Å²) in [6, 6.07) is 0. The molecule has 0 aromatic carbocycles. The van der Waals surface area contributed by atoms with Gasteiger partial charge in [0.15, 0.2) is 0 Å². The van der Waals surface area contributed by atoms with E-state index in [0.717, 1.165) is 45.4 Å². The fourth-order valence-corrected chi connectivity index (χ4v) is 2.65. The molecule has 5 heteroatoms. The minimum Gasteiger partial charge on any atom is -0.356 e. The van der Waals surface area contributed by atoms with Crippen molar-refractivity contribution in [2.45, 2.75) is 40.0 Å². The number of amides is 2. The predicted molar refractivity (Wildman–Crippen MR) is 80.4 cm³/mol. The lowest BCUT2D eigenvalue weighted by molar-refractivity contribution is -0.133. The average Bonchev–Trinajstić information content (AvgIpc) is 2.47. The molecule has 0 saturated carbocycles. The van der Waals surface area contributed by atoms with E-state index in [-0.39, 0.29) is 17.7 Å². The molecule has 0 radical (unpaired) electrons. The Morgan fingerprint density at radius 2 is 1.80 bits per heavy atom. The van der Waals surface area contributed by atoms with Crippen molar-refractivity contribution < 1.29 is 9.59 Å². The van der Waals surface area contributed by atoms with Crippen LogP contribution in [0.4, 0.5) is 0 Å². The molecule has 20 heavy (non-hydrogen) atoms. The van der Waals surface area contributed by atoms with Crippen molar-refractivity contribution >= 4 is 11.8 Å². The van der Waals surface area contributed by atoms with Gasteiger partial charge in [-0.15, -0.1) is 0 Å². The van der Waals surface area contributed by atoms with Crippen LogP contribution in [0.15, 0.2) is 0 Å². The number of nitrogens with one attached hydrogen (secondary N) is 1. The molecule has 1 N–H and O–H groups in total. The summed E-state index contributed by atoms with van der Waals surface area (Å²) in [6.07, 6.45) is 2.59. The van der Waals surface area contributed by atoms with Crippen molar-refractivity contribution in [1.82, 2.24) is 15.1 Å². The normalized spacial score (nSPS) is 16.5. The van der Waals surface area contributed by atoms with E-state index in [4.69, 9.17) is 0 Å². The van der Waals surface area contributed by atoms with E-state index in [0.29, 0.717) is 13.1 Å². The molecule has 1 aliphatic heterocycles. The zero-order chi connectivity index (χ0) is 15.0. The highest BCUT2D eigenvalue weighted by atomic mass is 16.2. The van der Waals surface area contributed by atoms with Crippen LogP contribution in [-0.4, -0.2) is 60.9 Å². The number of nitrogens with zero attached hydrogens (tertiary/aromatic N) is 2. The minimum atomic E-state index is 0.0825. The molecule has 0 atom stereocenters. The number of carbonyl (C=O) groups is 2. The average molecular weight is 283 g/mol. The molecule has 0 unspecified atom stereocenters. The van der Waals surface area contributed by atoms with Crippen molar-refractivity contribution in [3.05, 3.63) is 0 Å². The number of likely N-dealkylation sites (tertiary alicyclic amines) is 1. The lowest BCUT2D eigenvalue weighted by Gasteiger charge is -2.30. The molecule has 1 rings (SSSR count). The van der Waals surface area contributed by atoms with Gasteiger partial charge in [-0.05, 0) is 38.9 Å². The Hall–Kier alpha value is -1.10. The van der Waals surface area contributed by atoms with E-state index in [1.807, 2.05) is 4.90 Å². The third-order valence-corrected chi connectivity index (χ3v) is 4.16. The van der Waals surface area contributed by atoms with Crippen LogP contribution in [0.25, 0.3) is 0 Å². The number of hydrogen-bond acceptors (Lipinski definition) is 3.